The van der Waals surface area contributed by atoms with Crippen LogP contribution in [0.25, 0.3) is 0 Å². The molecular weight excluding hydrogens is 283 g/mol. The van der Waals surface area contributed by atoms with Crippen molar-refractivity contribution in [2.45, 2.75) is 6.92 Å². The Morgan fingerprint density at radius 1 is 1.11 bits per heavy atom. The molecule has 0 saturated carbocycles. The summed E-state index contributed by atoms with van der Waals surface area (Å²) >= 11 is 12.0. The smallest absolute Gasteiger partial charge is 0.146 e. The summed E-state index contributed by atoms with van der Waals surface area (Å²) in [5.74, 6) is 1.16. The normalized spacial score (nSPS) is 10.3. The van der Waals surface area contributed by atoms with Crippen LogP contribution in [0.2, 0.25) is 10.0 Å². The standard InChI is InChI=1S/C14H12Cl2N2O/c1-8-6-10(15)3-5-12(8)19-13-4-2-9(14(17)18)7-11(13)16/h2-7H,1H3,(H3,17,18). The van der Waals surface area contributed by atoms with Crippen molar-refractivity contribution in [2.24, 2.45) is 5.73 Å². The van der Waals surface area contributed by atoms with Gasteiger partial charge in [0.1, 0.15) is 17.3 Å². The van der Waals surface area contributed by atoms with Gasteiger partial charge in [0.05, 0.1) is 5.02 Å². The SMILES string of the molecule is Cc1cc(Cl)ccc1Oc1ccc(C(=N)N)cc1Cl. The number of nitrogens with two attached hydrogens (primary N) is 1. The number of nitrogen functional groups attached to an aromatic ring is 1. The minimum absolute atomic E-state index is 0.0314. The number of nitrogens with one attached hydrogen (secondary N) is 1. The third kappa shape index (κ3) is 3.19. The van der Waals surface area contributed by atoms with Gasteiger partial charge in [-0.15, -0.1) is 0 Å². The fraction of sp³-hybridized carbons (Fsp3) is 0.0714. The first-order chi connectivity index (χ1) is 8.97. The summed E-state index contributed by atoms with van der Waals surface area (Å²) < 4.78 is 5.73. The molecule has 0 fully saturated rings. The van der Waals surface area contributed by atoms with Gasteiger partial charge >= 0.3 is 0 Å². The molecule has 0 amide bonds. The molecular formula is C14H12Cl2N2O. The first kappa shape index (κ1) is 13.7. The molecule has 0 saturated heterocycles. The van der Waals surface area contributed by atoms with Gasteiger partial charge in [-0.1, -0.05) is 23.2 Å². The average Bonchev–Trinajstić information content (AvgIpc) is 2.34. The second-order valence-corrected chi connectivity index (χ2v) is 4.91. The number of halogens is 2. The average molecular weight is 295 g/mol. The minimum atomic E-state index is -0.0314. The van der Waals surface area contributed by atoms with E-state index >= 15 is 0 Å². The minimum Gasteiger partial charge on any atom is -0.456 e. The van der Waals surface area contributed by atoms with Crippen LogP contribution in [0, 0.1) is 12.3 Å². The summed E-state index contributed by atoms with van der Waals surface area (Å²) in [7, 11) is 0. The van der Waals surface area contributed by atoms with E-state index < -0.39 is 0 Å². The fourth-order valence-electron chi connectivity index (χ4n) is 1.60. The van der Waals surface area contributed by atoms with Gasteiger partial charge in [-0.2, -0.15) is 0 Å². The molecule has 3 nitrogen and oxygen atoms in total. The van der Waals surface area contributed by atoms with Crippen molar-refractivity contribution in [3.63, 3.8) is 0 Å². The molecule has 0 bridgehead atoms. The zero-order chi connectivity index (χ0) is 14.0. The maximum atomic E-state index is 7.35. The van der Waals surface area contributed by atoms with Crippen molar-refractivity contribution in [2.75, 3.05) is 0 Å². The number of rotatable bonds is 3. The second-order valence-electron chi connectivity index (χ2n) is 4.07. The molecule has 2 aromatic carbocycles. The molecule has 0 radical (unpaired) electrons. The van der Waals surface area contributed by atoms with Crippen LogP contribution in [0.1, 0.15) is 11.1 Å². The van der Waals surface area contributed by atoms with E-state index in [1.807, 2.05) is 13.0 Å². The summed E-state index contributed by atoms with van der Waals surface area (Å²) in [6.07, 6.45) is 0. The maximum Gasteiger partial charge on any atom is 0.146 e. The lowest BCUT2D eigenvalue weighted by molar-refractivity contribution is 0.479. The van der Waals surface area contributed by atoms with E-state index in [4.69, 9.17) is 39.1 Å². The molecule has 0 aliphatic carbocycles. The first-order valence-corrected chi connectivity index (χ1v) is 6.31. The zero-order valence-electron chi connectivity index (χ0n) is 10.2. The highest BCUT2D eigenvalue weighted by molar-refractivity contribution is 6.32. The molecule has 0 unspecified atom stereocenters. The van der Waals surface area contributed by atoms with E-state index in [1.165, 1.54) is 0 Å². The summed E-state index contributed by atoms with van der Waals surface area (Å²) in [5.41, 5.74) is 6.87. The zero-order valence-corrected chi connectivity index (χ0v) is 11.7. The van der Waals surface area contributed by atoms with E-state index in [2.05, 4.69) is 0 Å². The van der Waals surface area contributed by atoms with E-state index in [9.17, 15) is 0 Å². The van der Waals surface area contributed by atoms with Crippen LogP contribution in [0.3, 0.4) is 0 Å². The van der Waals surface area contributed by atoms with Gasteiger partial charge in [-0.3, -0.25) is 5.41 Å². The van der Waals surface area contributed by atoms with Crippen LogP contribution < -0.4 is 10.5 Å². The monoisotopic (exact) mass is 294 g/mol. The molecule has 2 rings (SSSR count). The summed E-state index contributed by atoms with van der Waals surface area (Å²) in [5, 5.41) is 8.41. The second kappa shape index (κ2) is 5.51. The van der Waals surface area contributed by atoms with E-state index in [0.29, 0.717) is 27.1 Å². The number of amidine groups is 1. The van der Waals surface area contributed by atoms with Crippen LogP contribution in [-0.4, -0.2) is 5.84 Å². The molecule has 0 aromatic heterocycles. The number of hydrogen-bond donors (Lipinski definition) is 2. The van der Waals surface area contributed by atoms with Crippen LogP contribution >= 0.6 is 23.2 Å². The number of benzene rings is 2. The Hall–Kier alpha value is -1.71. The summed E-state index contributed by atoms with van der Waals surface area (Å²) in [4.78, 5) is 0. The Morgan fingerprint density at radius 3 is 2.37 bits per heavy atom. The molecule has 0 aliphatic heterocycles. The topological polar surface area (TPSA) is 59.1 Å². The quantitative estimate of drug-likeness (QED) is 0.652. The van der Waals surface area contributed by atoms with Crippen LogP contribution in [0.5, 0.6) is 11.5 Å². The van der Waals surface area contributed by atoms with Gasteiger partial charge < -0.3 is 10.5 Å². The van der Waals surface area contributed by atoms with Gasteiger partial charge in [-0.25, -0.2) is 0 Å². The van der Waals surface area contributed by atoms with E-state index in [0.717, 1.165) is 5.56 Å². The van der Waals surface area contributed by atoms with Crippen molar-refractivity contribution < 1.29 is 4.74 Å². The highest BCUT2D eigenvalue weighted by Crippen LogP contribution is 2.32. The lowest BCUT2D eigenvalue weighted by atomic mass is 10.2. The Morgan fingerprint density at radius 2 is 1.79 bits per heavy atom. The van der Waals surface area contributed by atoms with E-state index in [1.54, 1.807) is 30.3 Å². The van der Waals surface area contributed by atoms with Crippen LogP contribution in [0.4, 0.5) is 0 Å². The molecule has 98 valence electrons. The van der Waals surface area contributed by atoms with Gasteiger partial charge in [0.25, 0.3) is 0 Å². The van der Waals surface area contributed by atoms with Crippen molar-refractivity contribution in [1.82, 2.24) is 0 Å². The third-order valence-electron chi connectivity index (χ3n) is 2.60. The predicted octanol–water partition coefficient (Wildman–Crippen LogP) is 4.38. The number of aryl methyl sites for hydroxylation is 1. The Balaban J connectivity index is 2.31. The van der Waals surface area contributed by atoms with Gasteiger partial charge in [-0.05, 0) is 48.9 Å². The highest BCUT2D eigenvalue weighted by Gasteiger charge is 2.08. The van der Waals surface area contributed by atoms with Crippen LogP contribution in [0.15, 0.2) is 36.4 Å². The molecule has 0 atom stereocenters. The maximum absolute atomic E-state index is 7.35. The Kier molecular flexibility index (Phi) is 3.98. The summed E-state index contributed by atoms with van der Waals surface area (Å²) in [6, 6.07) is 10.3. The largest absolute Gasteiger partial charge is 0.456 e. The molecule has 0 aliphatic rings. The van der Waals surface area contributed by atoms with E-state index in [-0.39, 0.29) is 5.84 Å². The summed E-state index contributed by atoms with van der Waals surface area (Å²) in [6.45, 7) is 1.90. The molecule has 0 heterocycles. The molecule has 0 spiro atoms. The molecule has 19 heavy (non-hydrogen) atoms. The number of ether oxygens (including phenoxy) is 1. The lowest BCUT2D eigenvalue weighted by Gasteiger charge is -2.11. The first-order valence-electron chi connectivity index (χ1n) is 5.55. The van der Waals surface area contributed by atoms with Crippen LogP contribution in [-0.2, 0) is 0 Å². The van der Waals surface area contributed by atoms with Crippen molar-refractivity contribution in [1.29, 1.82) is 5.41 Å². The Bertz CT molecular complexity index is 641. The van der Waals surface area contributed by atoms with Crippen molar-refractivity contribution >= 4 is 29.0 Å². The molecule has 5 heteroatoms. The Labute approximate surface area is 121 Å². The van der Waals surface area contributed by atoms with Gasteiger partial charge in [0, 0.05) is 10.6 Å². The fourth-order valence-corrected chi connectivity index (χ4v) is 2.04. The number of hydrogen-bond acceptors (Lipinski definition) is 2. The molecule has 3 N–H and O–H groups in total. The lowest BCUT2D eigenvalue weighted by Crippen LogP contribution is -2.10. The molecule has 2 aromatic rings. The van der Waals surface area contributed by atoms with Crippen molar-refractivity contribution in [3.05, 3.63) is 57.6 Å². The highest BCUT2D eigenvalue weighted by atomic mass is 35.5. The third-order valence-corrected chi connectivity index (χ3v) is 3.13. The van der Waals surface area contributed by atoms with Crippen molar-refractivity contribution in [3.8, 4) is 11.5 Å². The van der Waals surface area contributed by atoms with Gasteiger partial charge in [0.15, 0.2) is 0 Å². The predicted molar refractivity (Wildman–Crippen MR) is 78.7 cm³/mol. The van der Waals surface area contributed by atoms with Gasteiger partial charge in [0.2, 0.25) is 0 Å².